The van der Waals surface area contributed by atoms with Gasteiger partial charge in [0.25, 0.3) is 0 Å². The number of ether oxygens (including phenoxy) is 1. The number of rotatable bonds is 9. The molecule has 2 heterocycles. The van der Waals surface area contributed by atoms with E-state index in [1.54, 1.807) is 17.0 Å². The highest BCUT2D eigenvalue weighted by atomic mass is 19.1. The number of carbonyl (C=O) groups excluding carboxylic acids is 1. The van der Waals surface area contributed by atoms with E-state index in [1.807, 2.05) is 11.0 Å². The average molecular weight is 542 g/mol. The quantitative estimate of drug-likeness (QED) is 0.353. The van der Waals surface area contributed by atoms with Crippen LogP contribution in [0.5, 0.6) is 5.75 Å². The maximum Gasteiger partial charge on any atom is 0.414 e. The lowest BCUT2D eigenvalue weighted by atomic mass is 9.98. The van der Waals surface area contributed by atoms with Crippen LogP contribution in [0.1, 0.15) is 38.7 Å². The molecule has 1 fully saturated rings. The Bertz CT molecular complexity index is 1160. The van der Waals surface area contributed by atoms with E-state index in [0.717, 1.165) is 63.4 Å². The van der Waals surface area contributed by atoms with Crippen LogP contribution in [0.15, 0.2) is 54.6 Å². The van der Waals surface area contributed by atoms with Crippen LogP contribution in [-0.2, 0) is 9.59 Å². The molecule has 0 bridgehead atoms. The second-order valence-corrected chi connectivity index (χ2v) is 9.66. The van der Waals surface area contributed by atoms with Crippen LogP contribution in [0.4, 0.5) is 14.9 Å². The normalized spacial score (nSPS) is 15.6. The smallest absolute Gasteiger partial charge is 0.414 e. The topological polar surface area (TPSA) is 111 Å². The summed E-state index contributed by atoms with van der Waals surface area (Å²) in [5.74, 6) is -2.96. The summed E-state index contributed by atoms with van der Waals surface area (Å²) in [4.78, 5) is 37.0. The number of nitrogens with zero attached hydrogens (tertiary/aromatic N) is 3. The third kappa shape index (κ3) is 8.81. The van der Waals surface area contributed by atoms with Gasteiger partial charge in [-0.05, 0) is 75.6 Å². The van der Waals surface area contributed by atoms with E-state index in [4.69, 9.17) is 24.5 Å². The van der Waals surface area contributed by atoms with Gasteiger partial charge >= 0.3 is 18.0 Å². The molecule has 210 valence electrons. The summed E-state index contributed by atoms with van der Waals surface area (Å²) in [6.45, 7) is 9.31. The molecule has 0 aliphatic carbocycles. The summed E-state index contributed by atoms with van der Waals surface area (Å²) in [6, 6.07) is 14.5. The van der Waals surface area contributed by atoms with Crippen LogP contribution < -0.4 is 9.64 Å². The van der Waals surface area contributed by atoms with E-state index < -0.39 is 11.9 Å². The largest absolute Gasteiger partial charge is 0.490 e. The number of hydrogen-bond donors (Lipinski definition) is 2. The molecule has 9 nitrogen and oxygen atoms in total. The van der Waals surface area contributed by atoms with Gasteiger partial charge in [-0.3, -0.25) is 9.80 Å². The van der Waals surface area contributed by atoms with E-state index in [0.29, 0.717) is 6.54 Å². The molecule has 2 aromatic carbocycles. The van der Waals surface area contributed by atoms with Crippen molar-refractivity contribution in [2.75, 3.05) is 44.2 Å². The highest BCUT2D eigenvalue weighted by Gasteiger charge is 2.29. The van der Waals surface area contributed by atoms with Crippen LogP contribution in [0, 0.1) is 5.82 Å². The number of carbonyl (C=O) groups is 3. The Balaban J connectivity index is 0.000000631. The van der Waals surface area contributed by atoms with Gasteiger partial charge in [0.15, 0.2) is 0 Å². The van der Waals surface area contributed by atoms with Gasteiger partial charge in [-0.2, -0.15) is 0 Å². The van der Waals surface area contributed by atoms with Crippen molar-refractivity contribution in [2.24, 2.45) is 0 Å². The fourth-order valence-corrected chi connectivity index (χ4v) is 4.54. The van der Waals surface area contributed by atoms with Crippen LogP contribution >= 0.6 is 0 Å². The van der Waals surface area contributed by atoms with Crippen molar-refractivity contribution in [1.82, 2.24) is 9.80 Å². The summed E-state index contributed by atoms with van der Waals surface area (Å²) in [5.41, 5.74) is 3.34. The van der Waals surface area contributed by atoms with Crippen LogP contribution in [0.3, 0.4) is 0 Å². The van der Waals surface area contributed by atoms with E-state index in [-0.39, 0.29) is 18.0 Å². The van der Waals surface area contributed by atoms with Gasteiger partial charge in [-0.15, -0.1) is 0 Å². The first-order valence-corrected chi connectivity index (χ1v) is 13.1. The molecule has 2 aliphatic heterocycles. The Morgan fingerprint density at radius 3 is 2.23 bits per heavy atom. The van der Waals surface area contributed by atoms with Crippen LogP contribution in [0.25, 0.3) is 5.57 Å². The Hall–Kier alpha value is -3.92. The van der Waals surface area contributed by atoms with E-state index in [2.05, 4.69) is 43.0 Å². The number of urea groups is 1. The summed E-state index contributed by atoms with van der Waals surface area (Å²) in [5, 5.41) is 14.8. The van der Waals surface area contributed by atoms with Crippen molar-refractivity contribution in [2.45, 2.75) is 39.2 Å². The minimum atomic E-state index is -1.82. The zero-order valence-electron chi connectivity index (χ0n) is 22.4. The van der Waals surface area contributed by atoms with Crippen molar-refractivity contribution < 1.29 is 33.7 Å². The molecule has 2 aliphatic rings. The minimum absolute atomic E-state index is 0.0226. The molecular weight excluding hydrogens is 505 g/mol. The molecule has 0 radical (unpaired) electrons. The minimum Gasteiger partial charge on any atom is -0.490 e. The maximum absolute atomic E-state index is 13.2. The zero-order chi connectivity index (χ0) is 28.4. The number of carboxylic acid groups (broad SMARTS) is 2. The van der Waals surface area contributed by atoms with Crippen molar-refractivity contribution in [3.8, 4) is 5.75 Å². The lowest BCUT2D eigenvalue weighted by Crippen LogP contribution is -2.33. The number of hydrogen-bond acceptors (Lipinski definition) is 5. The Kier molecular flexibility index (Phi) is 10.9. The fraction of sp³-hybridized carbons (Fsp3) is 0.414. The number of amides is 2. The van der Waals surface area contributed by atoms with Gasteiger partial charge < -0.3 is 19.8 Å². The molecule has 0 spiro atoms. The monoisotopic (exact) mass is 541 g/mol. The van der Waals surface area contributed by atoms with Crippen molar-refractivity contribution in [3.63, 3.8) is 0 Å². The van der Waals surface area contributed by atoms with Crippen molar-refractivity contribution in [1.29, 1.82) is 0 Å². The number of para-hydroxylation sites is 1. The molecule has 1 saturated heterocycles. The number of unbranched alkanes of at least 4 members (excludes halogenated alkanes) is 1. The average Bonchev–Trinajstić information content (AvgIpc) is 3.28. The van der Waals surface area contributed by atoms with E-state index in [1.165, 1.54) is 23.3 Å². The van der Waals surface area contributed by atoms with Crippen LogP contribution in [0.2, 0.25) is 0 Å². The van der Waals surface area contributed by atoms with Gasteiger partial charge in [0.05, 0.1) is 6.10 Å². The first-order chi connectivity index (χ1) is 18.7. The third-order valence-electron chi connectivity index (χ3n) is 6.46. The SMILES string of the molecule is CC(C)Oc1ccccc1C1=CCN(CCCCN2CCN(c3ccc(F)cc3)C2=O)CC1.O=C(O)C(=O)O. The lowest BCUT2D eigenvalue weighted by molar-refractivity contribution is -0.159. The molecular formula is C29H36FN3O6. The molecule has 10 heteroatoms. The molecule has 0 saturated carbocycles. The first-order valence-electron chi connectivity index (χ1n) is 13.1. The zero-order valence-corrected chi connectivity index (χ0v) is 22.4. The number of carboxylic acids is 2. The second kappa shape index (κ2) is 14.3. The number of benzene rings is 2. The third-order valence-corrected chi connectivity index (χ3v) is 6.46. The fourth-order valence-electron chi connectivity index (χ4n) is 4.54. The van der Waals surface area contributed by atoms with Gasteiger partial charge in [-0.25, -0.2) is 18.8 Å². The number of halogens is 1. The van der Waals surface area contributed by atoms with E-state index in [9.17, 15) is 9.18 Å². The van der Waals surface area contributed by atoms with Crippen molar-refractivity contribution >= 4 is 29.2 Å². The van der Waals surface area contributed by atoms with E-state index >= 15 is 0 Å². The highest BCUT2D eigenvalue weighted by Crippen LogP contribution is 2.31. The van der Waals surface area contributed by atoms with Gasteiger partial charge in [0.1, 0.15) is 11.6 Å². The Morgan fingerprint density at radius 1 is 0.949 bits per heavy atom. The predicted molar refractivity (Wildman–Crippen MR) is 146 cm³/mol. The van der Waals surface area contributed by atoms with Gasteiger partial charge in [0.2, 0.25) is 0 Å². The molecule has 0 atom stereocenters. The maximum atomic E-state index is 13.2. The second-order valence-electron chi connectivity index (χ2n) is 9.66. The standard InChI is InChI=1S/C27H34FN3O2.C2H2O4/c1-21(2)33-26-8-4-3-7-25(26)22-13-17-29(18-14-22)15-5-6-16-30-19-20-31(27(30)32)24-11-9-23(28)10-12-24;3-1(4)2(5)6/h3-4,7-13,21H,5-6,14-20H2,1-2H3;(H,3,4)(H,5,6). The van der Waals surface area contributed by atoms with Crippen LogP contribution in [-0.4, -0.2) is 83.4 Å². The van der Waals surface area contributed by atoms with Crippen molar-refractivity contribution in [3.05, 3.63) is 66.0 Å². The summed E-state index contributed by atoms with van der Waals surface area (Å²) >= 11 is 0. The summed E-state index contributed by atoms with van der Waals surface area (Å²) in [7, 11) is 0. The predicted octanol–water partition coefficient (Wildman–Crippen LogP) is 4.58. The molecule has 0 unspecified atom stereocenters. The molecule has 2 N–H and O–H groups in total. The molecule has 39 heavy (non-hydrogen) atoms. The number of anilines is 1. The summed E-state index contributed by atoms with van der Waals surface area (Å²) in [6.07, 6.45) is 5.57. The molecule has 4 rings (SSSR count). The number of aliphatic carboxylic acids is 2. The van der Waals surface area contributed by atoms with Gasteiger partial charge in [-0.1, -0.05) is 24.3 Å². The highest BCUT2D eigenvalue weighted by molar-refractivity contribution is 6.27. The Morgan fingerprint density at radius 2 is 1.62 bits per heavy atom. The molecule has 2 aromatic rings. The molecule has 0 aromatic heterocycles. The molecule has 2 amide bonds. The first kappa shape index (κ1) is 29.6. The summed E-state index contributed by atoms with van der Waals surface area (Å²) < 4.78 is 19.1. The lowest BCUT2D eigenvalue weighted by Gasteiger charge is -2.27. The van der Waals surface area contributed by atoms with Gasteiger partial charge in [0, 0.05) is 44.0 Å². The Labute approximate surface area is 228 Å².